The number of hydrogen-bond acceptors (Lipinski definition) is 2. The fourth-order valence-electron chi connectivity index (χ4n) is 1.52. The molecule has 0 aromatic carbocycles. The largest absolute Gasteiger partial charge is 0.342 e. The highest BCUT2D eigenvalue weighted by Gasteiger charge is 2.18. The molecule has 12 heavy (non-hydrogen) atoms. The summed E-state index contributed by atoms with van der Waals surface area (Å²) in [5, 5.41) is 2.88. The van der Waals surface area contributed by atoms with Crippen molar-refractivity contribution in [1.82, 2.24) is 10.2 Å². The van der Waals surface area contributed by atoms with E-state index in [1.807, 2.05) is 11.9 Å². The lowest BCUT2D eigenvalue weighted by Crippen LogP contribution is -2.41. The van der Waals surface area contributed by atoms with Crippen LogP contribution < -0.4 is 5.32 Å². The smallest absolute Gasteiger partial charge is 0.236 e. The zero-order chi connectivity index (χ0) is 8.97. The van der Waals surface area contributed by atoms with E-state index in [1.165, 1.54) is 0 Å². The number of likely N-dealkylation sites (tertiary alicyclic amines) is 1. The minimum atomic E-state index is 0.240. The Morgan fingerprint density at radius 1 is 1.50 bits per heavy atom. The molecule has 0 aromatic rings. The molecule has 1 aliphatic rings. The molecule has 0 radical (unpaired) electrons. The van der Waals surface area contributed by atoms with E-state index in [-0.39, 0.29) is 5.91 Å². The summed E-state index contributed by atoms with van der Waals surface area (Å²) >= 11 is 0. The molecule has 70 valence electrons. The van der Waals surface area contributed by atoms with Gasteiger partial charge < -0.3 is 10.2 Å². The van der Waals surface area contributed by atoms with Crippen LogP contribution in [0, 0.1) is 5.92 Å². The van der Waals surface area contributed by atoms with Crippen LogP contribution in [0.1, 0.15) is 19.8 Å². The van der Waals surface area contributed by atoms with Crippen LogP contribution in [0.4, 0.5) is 0 Å². The van der Waals surface area contributed by atoms with Crippen LogP contribution in [0.5, 0.6) is 0 Å². The fraction of sp³-hybridized carbons (Fsp3) is 0.889. The first-order valence-corrected chi connectivity index (χ1v) is 4.66. The number of nitrogens with one attached hydrogen (secondary N) is 1. The van der Waals surface area contributed by atoms with Crippen molar-refractivity contribution in [3.8, 4) is 0 Å². The number of rotatable bonds is 2. The lowest BCUT2D eigenvalue weighted by atomic mass is 9.99. The van der Waals surface area contributed by atoms with Crippen molar-refractivity contribution in [2.45, 2.75) is 19.8 Å². The molecular weight excluding hydrogens is 152 g/mol. The molecule has 1 amide bonds. The number of carbonyl (C=O) groups is 1. The number of nitrogens with zero attached hydrogens (tertiary/aromatic N) is 1. The summed E-state index contributed by atoms with van der Waals surface area (Å²) in [5.41, 5.74) is 0. The van der Waals surface area contributed by atoms with Crippen molar-refractivity contribution in [2.24, 2.45) is 5.92 Å². The molecule has 0 saturated carbocycles. The highest BCUT2D eigenvalue weighted by molar-refractivity contribution is 5.78. The zero-order valence-corrected chi connectivity index (χ0v) is 7.97. The van der Waals surface area contributed by atoms with Gasteiger partial charge in [0.15, 0.2) is 0 Å². The summed E-state index contributed by atoms with van der Waals surface area (Å²) in [4.78, 5) is 13.3. The van der Waals surface area contributed by atoms with Gasteiger partial charge in [0.05, 0.1) is 6.54 Å². The van der Waals surface area contributed by atoms with E-state index in [1.54, 1.807) is 0 Å². The van der Waals surface area contributed by atoms with Crippen molar-refractivity contribution in [2.75, 3.05) is 26.7 Å². The predicted octanol–water partition coefficient (Wildman–Crippen LogP) is 0.464. The van der Waals surface area contributed by atoms with Gasteiger partial charge in [0.2, 0.25) is 5.91 Å². The summed E-state index contributed by atoms with van der Waals surface area (Å²) in [7, 11) is 1.81. The Hall–Kier alpha value is -0.570. The first-order valence-electron chi connectivity index (χ1n) is 4.66. The Kier molecular flexibility index (Phi) is 3.53. The molecule has 0 atom stereocenters. The van der Waals surface area contributed by atoms with Crippen LogP contribution >= 0.6 is 0 Å². The van der Waals surface area contributed by atoms with Gasteiger partial charge in [0.1, 0.15) is 0 Å². The third-order valence-electron chi connectivity index (χ3n) is 2.46. The van der Waals surface area contributed by atoms with Crippen molar-refractivity contribution >= 4 is 5.91 Å². The maximum atomic E-state index is 11.4. The summed E-state index contributed by atoms with van der Waals surface area (Å²) in [6.45, 7) is 4.62. The summed E-state index contributed by atoms with van der Waals surface area (Å²) in [5.74, 6) is 1.04. The molecular formula is C9H18N2O. The van der Waals surface area contributed by atoms with Gasteiger partial charge in [0, 0.05) is 13.1 Å². The second-order valence-corrected chi connectivity index (χ2v) is 3.59. The van der Waals surface area contributed by atoms with Crippen LogP contribution in [0.3, 0.4) is 0 Å². The Morgan fingerprint density at radius 2 is 2.08 bits per heavy atom. The molecule has 0 bridgehead atoms. The van der Waals surface area contributed by atoms with Gasteiger partial charge in [-0.15, -0.1) is 0 Å². The van der Waals surface area contributed by atoms with E-state index in [9.17, 15) is 4.79 Å². The summed E-state index contributed by atoms with van der Waals surface area (Å²) in [6.07, 6.45) is 2.32. The van der Waals surface area contributed by atoms with Gasteiger partial charge in [-0.3, -0.25) is 4.79 Å². The van der Waals surface area contributed by atoms with Crippen molar-refractivity contribution < 1.29 is 4.79 Å². The molecule has 1 saturated heterocycles. The third kappa shape index (κ3) is 2.48. The minimum absolute atomic E-state index is 0.240. The summed E-state index contributed by atoms with van der Waals surface area (Å²) < 4.78 is 0. The first kappa shape index (κ1) is 9.52. The predicted molar refractivity (Wildman–Crippen MR) is 48.9 cm³/mol. The average molecular weight is 170 g/mol. The number of piperidine rings is 1. The molecule has 3 heteroatoms. The first-order chi connectivity index (χ1) is 5.74. The number of carbonyl (C=O) groups excluding carboxylic acids is 1. The van der Waals surface area contributed by atoms with E-state index < -0.39 is 0 Å². The SMILES string of the molecule is CNCC(=O)N1CCC(C)CC1. The molecule has 0 unspecified atom stereocenters. The highest BCUT2D eigenvalue weighted by Crippen LogP contribution is 2.15. The second kappa shape index (κ2) is 4.45. The molecule has 1 rings (SSSR count). The van der Waals surface area contributed by atoms with Crippen LogP contribution in [-0.2, 0) is 4.79 Å². The normalized spacial score (nSPS) is 19.7. The Bertz CT molecular complexity index is 151. The average Bonchev–Trinajstić information content (AvgIpc) is 2.06. The molecule has 3 nitrogen and oxygen atoms in total. The summed E-state index contributed by atoms with van der Waals surface area (Å²) in [6, 6.07) is 0. The van der Waals surface area contributed by atoms with Gasteiger partial charge in [-0.1, -0.05) is 6.92 Å². The van der Waals surface area contributed by atoms with Gasteiger partial charge >= 0.3 is 0 Å². The van der Waals surface area contributed by atoms with Gasteiger partial charge in [-0.25, -0.2) is 0 Å². The fourth-order valence-corrected chi connectivity index (χ4v) is 1.52. The van der Waals surface area contributed by atoms with Crippen molar-refractivity contribution in [1.29, 1.82) is 0 Å². The standard InChI is InChI=1S/C9H18N2O/c1-8-3-5-11(6-4-8)9(12)7-10-2/h8,10H,3-7H2,1-2H3. The minimum Gasteiger partial charge on any atom is -0.342 e. The molecule has 0 aromatic heterocycles. The second-order valence-electron chi connectivity index (χ2n) is 3.59. The van der Waals surface area contributed by atoms with E-state index in [0.717, 1.165) is 31.8 Å². The van der Waals surface area contributed by atoms with Crippen molar-refractivity contribution in [3.63, 3.8) is 0 Å². The zero-order valence-electron chi connectivity index (χ0n) is 7.97. The number of amides is 1. The molecule has 0 spiro atoms. The van der Waals surface area contributed by atoms with Gasteiger partial charge in [0.25, 0.3) is 0 Å². The molecule has 1 fully saturated rings. The Labute approximate surface area is 74.1 Å². The van der Waals surface area contributed by atoms with Gasteiger partial charge in [-0.05, 0) is 25.8 Å². The van der Waals surface area contributed by atoms with Crippen LogP contribution in [0.2, 0.25) is 0 Å². The highest BCUT2D eigenvalue weighted by atomic mass is 16.2. The molecule has 1 aliphatic heterocycles. The maximum Gasteiger partial charge on any atom is 0.236 e. The number of likely N-dealkylation sites (N-methyl/N-ethyl adjacent to an activating group) is 1. The van der Waals surface area contributed by atoms with Crippen molar-refractivity contribution in [3.05, 3.63) is 0 Å². The van der Waals surface area contributed by atoms with E-state index >= 15 is 0 Å². The van der Waals surface area contributed by atoms with E-state index in [4.69, 9.17) is 0 Å². The quantitative estimate of drug-likeness (QED) is 0.653. The lowest BCUT2D eigenvalue weighted by molar-refractivity contribution is -0.131. The topological polar surface area (TPSA) is 32.3 Å². The van der Waals surface area contributed by atoms with Crippen LogP contribution in [0.15, 0.2) is 0 Å². The van der Waals surface area contributed by atoms with E-state index in [0.29, 0.717) is 6.54 Å². The lowest BCUT2D eigenvalue weighted by Gasteiger charge is -2.30. The molecule has 0 aliphatic carbocycles. The Morgan fingerprint density at radius 3 is 2.58 bits per heavy atom. The molecule has 1 heterocycles. The monoisotopic (exact) mass is 170 g/mol. The molecule has 1 N–H and O–H groups in total. The van der Waals surface area contributed by atoms with Crippen LogP contribution in [0.25, 0.3) is 0 Å². The van der Waals surface area contributed by atoms with Gasteiger partial charge in [-0.2, -0.15) is 0 Å². The number of hydrogen-bond donors (Lipinski definition) is 1. The maximum absolute atomic E-state index is 11.4. The van der Waals surface area contributed by atoms with E-state index in [2.05, 4.69) is 12.2 Å². The van der Waals surface area contributed by atoms with Crippen LogP contribution in [-0.4, -0.2) is 37.5 Å². The third-order valence-corrected chi connectivity index (χ3v) is 2.46. The Balaban J connectivity index is 2.29.